The monoisotopic (exact) mass is 153 g/mol. The first kappa shape index (κ1) is 7.14. The van der Waals surface area contributed by atoms with Gasteiger partial charge in [0.2, 0.25) is 0 Å². The summed E-state index contributed by atoms with van der Waals surface area (Å²) >= 11 is 0. The molecule has 0 aromatic carbocycles. The van der Waals surface area contributed by atoms with Crippen LogP contribution in [0.3, 0.4) is 0 Å². The molecule has 0 saturated heterocycles. The van der Waals surface area contributed by atoms with Gasteiger partial charge in [0.05, 0.1) is 5.71 Å². The molecule has 0 amide bonds. The molecule has 3 aliphatic rings. The molecule has 3 saturated carbocycles. The molecule has 1 unspecified atom stereocenters. The molecule has 0 heterocycles. The van der Waals surface area contributed by atoms with Crippen LogP contribution in [0.1, 0.15) is 33.1 Å². The first-order valence-electron chi connectivity index (χ1n) is 4.37. The minimum absolute atomic E-state index is 0.416. The Bertz CT molecular complexity index is 206. The van der Waals surface area contributed by atoms with Crippen LogP contribution in [0.25, 0.3) is 0 Å². The summed E-state index contributed by atoms with van der Waals surface area (Å²) < 4.78 is 0. The van der Waals surface area contributed by atoms with Crippen molar-refractivity contribution in [3.05, 3.63) is 0 Å². The Morgan fingerprint density at radius 2 is 2.27 bits per heavy atom. The second kappa shape index (κ2) is 1.99. The average molecular weight is 153 g/mol. The number of oxime groups is 1. The van der Waals surface area contributed by atoms with Crippen molar-refractivity contribution in [3.8, 4) is 0 Å². The highest BCUT2D eigenvalue weighted by Crippen LogP contribution is 2.57. The summed E-state index contributed by atoms with van der Waals surface area (Å²) in [5.41, 5.74) is 1.46. The Morgan fingerprint density at radius 1 is 1.55 bits per heavy atom. The van der Waals surface area contributed by atoms with E-state index in [0.717, 1.165) is 18.1 Å². The van der Waals surface area contributed by atoms with Gasteiger partial charge in [0.1, 0.15) is 0 Å². The van der Waals surface area contributed by atoms with Crippen molar-refractivity contribution >= 4 is 5.71 Å². The maximum atomic E-state index is 8.71. The minimum Gasteiger partial charge on any atom is -0.411 e. The average Bonchev–Trinajstić information content (AvgIpc) is 2.04. The highest BCUT2D eigenvalue weighted by Gasteiger charge is 2.53. The minimum atomic E-state index is 0.416. The third-order valence-corrected chi connectivity index (χ3v) is 3.75. The molecule has 11 heavy (non-hydrogen) atoms. The second-order valence-corrected chi connectivity index (χ2v) is 4.44. The van der Waals surface area contributed by atoms with E-state index < -0.39 is 0 Å². The summed E-state index contributed by atoms with van der Waals surface area (Å²) in [7, 11) is 0. The second-order valence-electron chi connectivity index (χ2n) is 4.44. The fraction of sp³-hybridized carbons (Fsp3) is 0.889. The maximum absolute atomic E-state index is 8.71. The smallest absolute Gasteiger partial charge is 0.0607 e. The number of hydrogen-bond donors (Lipinski definition) is 1. The van der Waals surface area contributed by atoms with E-state index in [1.807, 2.05) is 0 Å². The van der Waals surface area contributed by atoms with Crippen LogP contribution in [0.15, 0.2) is 5.16 Å². The fourth-order valence-corrected chi connectivity index (χ4v) is 2.69. The highest BCUT2D eigenvalue weighted by atomic mass is 16.4. The molecule has 0 aromatic heterocycles. The van der Waals surface area contributed by atoms with E-state index in [-0.39, 0.29) is 0 Å². The molecule has 3 rings (SSSR count). The quantitative estimate of drug-likeness (QED) is 0.420. The molecular formula is C9H15NO. The standard InChI is InChI=1S/C9H15NO/c1-9(2)6-3-4-8(10-11)7(9)5-6/h6-7,11H,3-5H2,1-2H3/t6?,7-/m0/s1. The molecule has 2 bridgehead atoms. The fourth-order valence-electron chi connectivity index (χ4n) is 2.69. The van der Waals surface area contributed by atoms with Crippen molar-refractivity contribution in [2.45, 2.75) is 33.1 Å². The normalized spacial score (nSPS) is 43.6. The lowest BCUT2D eigenvalue weighted by Gasteiger charge is -2.56. The molecule has 2 atom stereocenters. The van der Waals surface area contributed by atoms with Gasteiger partial charge in [0.15, 0.2) is 0 Å². The van der Waals surface area contributed by atoms with Crippen LogP contribution in [0.2, 0.25) is 0 Å². The van der Waals surface area contributed by atoms with Crippen LogP contribution in [0.5, 0.6) is 0 Å². The van der Waals surface area contributed by atoms with Crippen LogP contribution in [0, 0.1) is 17.3 Å². The van der Waals surface area contributed by atoms with Crippen molar-refractivity contribution in [1.29, 1.82) is 0 Å². The van der Waals surface area contributed by atoms with E-state index >= 15 is 0 Å². The van der Waals surface area contributed by atoms with Crippen LogP contribution in [0.4, 0.5) is 0 Å². The molecule has 2 heteroatoms. The van der Waals surface area contributed by atoms with Gasteiger partial charge in [-0.1, -0.05) is 19.0 Å². The molecule has 62 valence electrons. The van der Waals surface area contributed by atoms with E-state index in [0.29, 0.717) is 11.3 Å². The third-order valence-electron chi connectivity index (χ3n) is 3.75. The molecular weight excluding hydrogens is 138 g/mol. The molecule has 0 aliphatic heterocycles. The molecule has 0 aromatic rings. The maximum Gasteiger partial charge on any atom is 0.0607 e. The van der Waals surface area contributed by atoms with Crippen molar-refractivity contribution < 1.29 is 5.21 Å². The zero-order chi connectivity index (χ0) is 8.06. The van der Waals surface area contributed by atoms with E-state index in [4.69, 9.17) is 5.21 Å². The summed E-state index contributed by atoms with van der Waals surface area (Å²) in [5, 5.41) is 12.1. The highest BCUT2D eigenvalue weighted by molar-refractivity contribution is 5.89. The SMILES string of the molecule is CC1(C)C2CCC(=NO)[C@@H]1C2. The summed E-state index contributed by atoms with van der Waals surface area (Å²) in [4.78, 5) is 0. The Labute approximate surface area is 67.3 Å². The van der Waals surface area contributed by atoms with Gasteiger partial charge in [0, 0.05) is 5.92 Å². The van der Waals surface area contributed by atoms with Gasteiger partial charge in [-0.15, -0.1) is 0 Å². The van der Waals surface area contributed by atoms with Gasteiger partial charge in [-0.05, 0) is 30.6 Å². The predicted molar refractivity (Wildman–Crippen MR) is 43.8 cm³/mol. The van der Waals surface area contributed by atoms with Gasteiger partial charge >= 0.3 is 0 Å². The number of fused-ring (bicyclic) bond motifs is 2. The van der Waals surface area contributed by atoms with Crippen LogP contribution < -0.4 is 0 Å². The van der Waals surface area contributed by atoms with Crippen molar-refractivity contribution in [1.82, 2.24) is 0 Å². The van der Waals surface area contributed by atoms with Gasteiger partial charge in [-0.25, -0.2) is 0 Å². The van der Waals surface area contributed by atoms with Crippen molar-refractivity contribution in [2.24, 2.45) is 22.4 Å². The lowest BCUT2D eigenvalue weighted by molar-refractivity contribution is -0.000989. The van der Waals surface area contributed by atoms with Crippen LogP contribution in [-0.4, -0.2) is 10.9 Å². The molecule has 3 fully saturated rings. The van der Waals surface area contributed by atoms with E-state index in [9.17, 15) is 0 Å². The topological polar surface area (TPSA) is 32.6 Å². The lowest BCUT2D eigenvalue weighted by Crippen LogP contribution is -2.52. The summed E-state index contributed by atoms with van der Waals surface area (Å²) in [6.07, 6.45) is 3.50. The summed E-state index contributed by atoms with van der Waals surface area (Å²) in [6.45, 7) is 4.58. The Morgan fingerprint density at radius 3 is 2.64 bits per heavy atom. The number of rotatable bonds is 0. The lowest BCUT2D eigenvalue weighted by atomic mass is 9.48. The molecule has 0 spiro atoms. The van der Waals surface area contributed by atoms with Crippen LogP contribution in [-0.2, 0) is 0 Å². The first-order chi connectivity index (χ1) is 5.16. The zero-order valence-electron chi connectivity index (χ0n) is 7.17. The number of hydrogen-bond acceptors (Lipinski definition) is 2. The summed E-state index contributed by atoms with van der Waals surface area (Å²) in [6, 6.07) is 0. The third kappa shape index (κ3) is 0.754. The number of nitrogens with zero attached hydrogens (tertiary/aromatic N) is 1. The first-order valence-corrected chi connectivity index (χ1v) is 4.37. The van der Waals surface area contributed by atoms with Crippen molar-refractivity contribution in [2.75, 3.05) is 0 Å². The van der Waals surface area contributed by atoms with E-state index in [2.05, 4.69) is 19.0 Å². The molecule has 1 N–H and O–H groups in total. The van der Waals surface area contributed by atoms with Gasteiger partial charge in [-0.3, -0.25) is 0 Å². The predicted octanol–water partition coefficient (Wildman–Crippen LogP) is 2.27. The molecule has 2 nitrogen and oxygen atoms in total. The van der Waals surface area contributed by atoms with E-state index in [1.54, 1.807) is 0 Å². The summed E-state index contributed by atoms with van der Waals surface area (Å²) in [5.74, 6) is 1.46. The Hall–Kier alpha value is -0.530. The van der Waals surface area contributed by atoms with Gasteiger partial charge in [0.25, 0.3) is 0 Å². The van der Waals surface area contributed by atoms with Gasteiger partial charge in [-0.2, -0.15) is 0 Å². The molecule has 3 aliphatic carbocycles. The van der Waals surface area contributed by atoms with E-state index in [1.165, 1.54) is 12.8 Å². The Balaban J connectivity index is 2.23. The zero-order valence-corrected chi connectivity index (χ0v) is 7.17. The van der Waals surface area contributed by atoms with Crippen LogP contribution >= 0.6 is 0 Å². The van der Waals surface area contributed by atoms with Crippen molar-refractivity contribution in [3.63, 3.8) is 0 Å². The van der Waals surface area contributed by atoms with Gasteiger partial charge < -0.3 is 5.21 Å². The largest absolute Gasteiger partial charge is 0.411 e. The molecule has 0 radical (unpaired) electrons. The Kier molecular flexibility index (Phi) is 1.29.